The van der Waals surface area contributed by atoms with Crippen molar-refractivity contribution in [3.63, 3.8) is 0 Å². The summed E-state index contributed by atoms with van der Waals surface area (Å²) < 4.78 is 78.0. The quantitative estimate of drug-likeness (QED) is 0.718. The zero-order valence-electron chi connectivity index (χ0n) is 15.0. The highest BCUT2D eigenvalue weighted by molar-refractivity contribution is 7.89. The SMILES string of the molecule is CCN(CC)S(=O)(=O)c1cccc(C(=O)Nc2ccc(F)c(C(F)(F)F)c2)c1. The van der Waals surface area contributed by atoms with Crippen LogP contribution in [0.2, 0.25) is 0 Å². The van der Waals surface area contributed by atoms with E-state index in [4.69, 9.17) is 0 Å². The number of hydrogen-bond donors (Lipinski definition) is 1. The van der Waals surface area contributed by atoms with Gasteiger partial charge in [-0.2, -0.15) is 17.5 Å². The van der Waals surface area contributed by atoms with E-state index in [1.165, 1.54) is 22.5 Å². The molecule has 2 rings (SSSR count). The van der Waals surface area contributed by atoms with Crippen LogP contribution in [0.3, 0.4) is 0 Å². The van der Waals surface area contributed by atoms with E-state index in [9.17, 15) is 30.8 Å². The first-order valence-corrected chi connectivity index (χ1v) is 9.73. The number of nitrogens with zero attached hydrogens (tertiary/aromatic N) is 1. The minimum atomic E-state index is -4.91. The van der Waals surface area contributed by atoms with Gasteiger partial charge in [-0.15, -0.1) is 0 Å². The summed E-state index contributed by atoms with van der Waals surface area (Å²) in [6.07, 6.45) is -4.91. The van der Waals surface area contributed by atoms with Crippen molar-refractivity contribution in [3.05, 3.63) is 59.4 Å². The maximum absolute atomic E-state index is 13.3. The zero-order chi connectivity index (χ0) is 21.1. The molecule has 0 fully saturated rings. The number of halogens is 4. The number of amides is 1. The van der Waals surface area contributed by atoms with Crippen LogP contribution < -0.4 is 5.32 Å². The van der Waals surface area contributed by atoms with Gasteiger partial charge in [0.1, 0.15) is 5.82 Å². The molecule has 0 saturated heterocycles. The molecular formula is C18H18F4N2O3S. The van der Waals surface area contributed by atoms with Gasteiger partial charge in [-0.05, 0) is 36.4 Å². The molecule has 2 aromatic carbocycles. The molecule has 2 aromatic rings. The molecular weight excluding hydrogens is 400 g/mol. The van der Waals surface area contributed by atoms with Gasteiger partial charge in [0.25, 0.3) is 5.91 Å². The lowest BCUT2D eigenvalue weighted by atomic mass is 10.1. The topological polar surface area (TPSA) is 66.5 Å². The zero-order valence-corrected chi connectivity index (χ0v) is 15.9. The Bertz CT molecular complexity index is 971. The average Bonchev–Trinajstić information content (AvgIpc) is 2.63. The molecule has 0 unspecified atom stereocenters. The highest BCUT2D eigenvalue weighted by atomic mass is 32.2. The second-order valence-electron chi connectivity index (χ2n) is 5.76. The van der Waals surface area contributed by atoms with Gasteiger partial charge in [-0.25, -0.2) is 12.8 Å². The molecule has 0 radical (unpaired) electrons. The van der Waals surface area contributed by atoms with E-state index in [-0.39, 0.29) is 29.2 Å². The Morgan fingerprint density at radius 2 is 1.71 bits per heavy atom. The van der Waals surface area contributed by atoms with Crippen molar-refractivity contribution in [2.75, 3.05) is 18.4 Å². The number of anilines is 1. The van der Waals surface area contributed by atoms with Gasteiger partial charge < -0.3 is 5.32 Å². The standard InChI is InChI=1S/C18H18F4N2O3S/c1-3-24(4-2)28(26,27)14-7-5-6-12(10-14)17(25)23-13-8-9-16(19)15(11-13)18(20,21)22/h5-11H,3-4H2,1-2H3,(H,23,25). The van der Waals surface area contributed by atoms with E-state index in [0.29, 0.717) is 12.1 Å². The van der Waals surface area contributed by atoms with Gasteiger partial charge in [0.15, 0.2) is 0 Å². The van der Waals surface area contributed by atoms with Crippen LogP contribution in [0.25, 0.3) is 0 Å². The Morgan fingerprint density at radius 3 is 2.29 bits per heavy atom. The molecule has 1 N–H and O–H groups in total. The Balaban J connectivity index is 2.32. The van der Waals surface area contributed by atoms with Gasteiger partial charge in [0.05, 0.1) is 10.5 Å². The predicted molar refractivity (Wildman–Crippen MR) is 95.9 cm³/mol. The number of sulfonamides is 1. The third-order valence-corrected chi connectivity index (χ3v) is 6.01. The molecule has 0 aliphatic carbocycles. The van der Waals surface area contributed by atoms with Crippen molar-refractivity contribution in [2.24, 2.45) is 0 Å². The molecule has 0 saturated carbocycles. The summed E-state index contributed by atoms with van der Waals surface area (Å²) in [5.74, 6) is -2.28. The molecule has 10 heteroatoms. The second kappa shape index (κ2) is 8.27. The van der Waals surface area contributed by atoms with Crippen LogP contribution in [0.5, 0.6) is 0 Å². The first-order valence-electron chi connectivity index (χ1n) is 8.29. The fraction of sp³-hybridized carbons (Fsp3) is 0.278. The number of hydrogen-bond acceptors (Lipinski definition) is 3. The molecule has 1 amide bonds. The lowest BCUT2D eigenvalue weighted by Gasteiger charge is -2.18. The van der Waals surface area contributed by atoms with Crippen LogP contribution in [0, 0.1) is 5.82 Å². The van der Waals surface area contributed by atoms with Crippen LogP contribution >= 0.6 is 0 Å². The highest BCUT2D eigenvalue weighted by Gasteiger charge is 2.34. The van der Waals surface area contributed by atoms with E-state index in [2.05, 4.69) is 5.32 Å². The average molecular weight is 418 g/mol. The molecule has 0 aromatic heterocycles. The summed E-state index contributed by atoms with van der Waals surface area (Å²) in [4.78, 5) is 12.2. The second-order valence-corrected chi connectivity index (χ2v) is 7.70. The molecule has 0 heterocycles. The fourth-order valence-electron chi connectivity index (χ4n) is 2.53. The number of carbonyl (C=O) groups is 1. The largest absolute Gasteiger partial charge is 0.419 e. The molecule has 0 bridgehead atoms. The number of alkyl halides is 3. The van der Waals surface area contributed by atoms with Crippen molar-refractivity contribution in [2.45, 2.75) is 24.9 Å². The van der Waals surface area contributed by atoms with Gasteiger partial charge in [0, 0.05) is 24.3 Å². The van der Waals surface area contributed by atoms with Crippen LogP contribution in [-0.2, 0) is 16.2 Å². The summed E-state index contributed by atoms with van der Waals surface area (Å²) in [5, 5.41) is 2.22. The summed E-state index contributed by atoms with van der Waals surface area (Å²) >= 11 is 0. The van der Waals surface area contributed by atoms with Crippen LogP contribution in [0.1, 0.15) is 29.8 Å². The van der Waals surface area contributed by atoms with Gasteiger partial charge >= 0.3 is 6.18 Å². The van der Waals surface area contributed by atoms with Gasteiger partial charge in [-0.3, -0.25) is 4.79 Å². The minimum Gasteiger partial charge on any atom is -0.322 e. The Labute approximate surface area is 160 Å². The van der Waals surface area contributed by atoms with E-state index in [1.807, 2.05) is 0 Å². The lowest BCUT2D eigenvalue weighted by molar-refractivity contribution is -0.139. The number of rotatable bonds is 6. The molecule has 152 valence electrons. The van der Waals surface area contributed by atoms with Crippen LogP contribution in [0.4, 0.5) is 23.2 Å². The molecule has 0 aliphatic heterocycles. The smallest absolute Gasteiger partial charge is 0.322 e. The monoisotopic (exact) mass is 418 g/mol. The summed E-state index contributed by atoms with van der Waals surface area (Å²) in [5.41, 5.74) is -1.84. The third kappa shape index (κ3) is 4.68. The first kappa shape index (κ1) is 21.8. The molecule has 5 nitrogen and oxygen atoms in total. The van der Waals surface area contributed by atoms with Crippen molar-refractivity contribution < 1.29 is 30.8 Å². The maximum Gasteiger partial charge on any atom is 0.419 e. The van der Waals surface area contributed by atoms with E-state index < -0.39 is 33.5 Å². The molecule has 28 heavy (non-hydrogen) atoms. The third-order valence-electron chi connectivity index (χ3n) is 3.97. The summed E-state index contributed by atoms with van der Waals surface area (Å²) in [6, 6.07) is 7.20. The molecule has 0 atom stereocenters. The number of nitrogens with one attached hydrogen (secondary N) is 1. The van der Waals surface area contributed by atoms with Crippen LogP contribution in [-0.4, -0.2) is 31.7 Å². The van der Waals surface area contributed by atoms with E-state index in [0.717, 1.165) is 12.1 Å². The molecule has 0 spiro atoms. The Kier molecular flexibility index (Phi) is 6.45. The number of carbonyl (C=O) groups excluding carboxylic acids is 1. The normalized spacial score (nSPS) is 12.2. The summed E-state index contributed by atoms with van der Waals surface area (Å²) in [7, 11) is -3.81. The van der Waals surface area contributed by atoms with E-state index >= 15 is 0 Å². The predicted octanol–water partition coefficient (Wildman–Crippen LogP) is 4.13. The van der Waals surface area contributed by atoms with Gasteiger partial charge in [-0.1, -0.05) is 19.9 Å². The molecule has 0 aliphatic rings. The Morgan fingerprint density at radius 1 is 1.07 bits per heavy atom. The van der Waals surface area contributed by atoms with E-state index in [1.54, 1.807) is 13.8 Å². The lowest BCUT2D eigenvalue weighted by Crippen LogP contribution is -2.30. The minimum absolute atomic E-state index is 0.0638. The highest BCUT2D eigenvalue weighted by Crippen LogP contribution is 2.33. The fourth-order valence-corrected chi connectivity index (χ4v) is 4.04. The Hall–Kier alpha value is -2.46. The van der Waals surface area contributed by atoms with Crippen molar-refractivity contribution >= 4 is 21.6 Å². The number of benzene rings is 2. The van der Waals surface area contributed by atoms with Crippen LogP contribution in [0.15, 0.2) is 47.4 Å². The maximum atomic E-state index is 13.3. The van der Waals surface area contributed by atoms with Crippen molar-refractivity contribution in [1.29, 1.82) is 0 Å². The van der Waals surface area contributed by atoms with Crippen molar-refractivity contribution in [3.8, 4) is 0 Å². The van der Waals surface area contributed by atoms with Crippen molar-refractivity contribution in [1.82, 2.24) is 4.31 Å². The summed E-state index contributed by atoms with van der Waals surface area (Å²) in [6.45, 7) is 3.82. The first-order chi connectivity index (χ1) is 13.0. The van der Waals surface area contributed by atoms with Gasteiger partial charge in [0.2, 0.25) is 10.0 Å².